The van der Waals surface area contributed by atoms with Crippen LogP contribution in [0.15, 0.2) is 53.4 Å². The van der Waals surface area contributed by atoms with Crippen LogP contribution in [0.2, 0.25) is 0 Å². The maximum Gasteiger partial charge on any atom is 0.435 e. The van der Waals surface area contributed by atoms with Crippen LogP contribution < -0.4 is 0 Å². The molecule has 1 heterocycles. The Labute approximate surface area is 245 Å². The Hall–Kier alpha value is -2.70. The van der Waals surface area contributed by atoms with Gasteiger partial charge in [0.25, 0.3) is 0 Å². The lowest BCUT2D eigenvalue weighted by Crippen LogP contribution is -2.50. The maximum atomic E-state index is 14.7. The first-order valence-electron chi connectivity index (χ1n) is 14.0. The van der Waals surface area contributed by atoms with Gasteiger partial charge in [0, 0.05) is 31.0 Å². The minimum atomic E-state index is -6.34. The zero-order valence-corrected chi connectivity index (χ0v) is 24.5. The van der Waals surface area contributed by atoms with Crippen molar-refractivity contribution in [1.82, 2.24) is 4.90 Å². The molecule has 1 saturated carbocycles. The molecule has 0 aromatic heterocycles. The highest BCUT2D eigenvalue weighted by Crippen LogP contribution is 2.54. The van der Waals surface area contributed by atoms with Crippen LogP contribution in [-0.4, -0.2) is 50.3 Å². The van der Waals surface area contributed by atoms with Gasteiger partial charge in [-0.3, -0.25) is 4.79 Å². The van der Waals surface area contributed by atoms with Crippen molar-refractivity contribution in [3.05, 3.63) is 65.2 Å². The van der Waals surface area contributed by atoms with Crippen molar-refractivity contribution in [2.45, 2.75) is 92.1 Å². The third-order valence-corrected chi connectivity index (χ3v) is 10.9. The number of nitrogens with zero attached hydrogens (tertiary/aromatic N) is 1. The van der Waals surface area contributed by atoms with E-state index in [9.17, 15) is 48.3 Å². The summed E-state index contributed by atoms with van der Waals surface area (Å²) in [6.45, 7) is 2.21. The molecule has 2 fully saturated rings. The van der Waals surface area contributed by atoms with Gasteiger partial charge in [0.2, 0.25) is 5.91 Å². The number of hydrogen-bond acceptors (Lipinski definition) is 3. The highest BCUT2D eigenvalue weighted by atomic mass is 32.2. The monoisotopic (exact) mass is 639 g/mol. The Morgan fingerprint density at radius 3 is 2.00 bits per heavy atom. The molecule has 0 radical (unpaired) electrons. The number of alkyl halides is 8. The first-order valence-corrected chi connectivity index (χ1v) is 15.5. The van der Waals surface area contributed by atoms with E-state index in [2.05, 4.69) is 0 Å². The molecular weight excluding hydrogens is 606 g/mol. The fourth-order valence-corrected chi connectivity index (χ4v) is 8.36. The summed E-state index contributed by atoms with van der Waals surface area (Å²) in [6, 6.07) is 7.58. The Bertz CT molecular complexity index is 1410. The Balaban J connectivity index is 1.82. The molecule has 13 heteroatoms. The van der Waals surface area contributed by atoms with Crippen LogP contribution in [0, 0.1) is 5.92 Å². The standard InChI is InChI=1S/C30H33F8NO3S/c1-26(2,31)18-20-7-6-10-24(17-20)43(41,42)27(15-16-39(19-27)25(40)21-8-4-3-5-9-21)22-11-13-23(14-12-22)28(32,29(33,34)35)30(36,37)38/h6-7,10-14,17,21H,3-5,8-9,15-16,18-19H2,1-2H3. The van der Waals surface area contributed by atoms with Crippen LogP contribution in [0.25, 0.3) is 0 Å². The molecule has 1 amide bonds. The van der Waals surface area contributed by atoms with Gasteiger partial charge in [-0.2, -0.15) is 26.3 Å². The molecule has 2 aromatic rings. The first-order chi connectivity index (χ1) is 19.7. The number of benzene rings is 2. The fourth-order valence-electron chi connectivity index (χ4n) is 6.21. The molecule has 1 aliphatic carbocycles. The number of carbonyl (C=O) groups is 1. The predicted octanol–water partition coefficient (Wildman–Crippen LogP) is 7.75. The smallest absolute Gasteiger partial charge is 0.340 e. The third kappa shape index (κ3) is 6.15. The van der Waals surface area contributed by atoms with Crippen molar-refractivity contribution in [2.24, 2.45) is 5.92 Å². The number of sulfone groups is 1. The van der Waals surface area contributed by atoms with Gasteiger partial charge in [0.15, 0.2) is 9.84 Å². The van der Waals surface area contributed by atoms with Crippen LogP contribution in [0.1, 0.15) is 69.1 Å². The second-order valence-corrected chi connectivity index (χ2v) is 14.4. The van der Waals surface area contributed by atoms with Crippen LogP contribution in [0.4, 0.5) is 35.1 Å². The van der Waals surface area contributed by atoms with E-state index in [1.165, 1.54) is 43.0 Å². The molecule has 1 atom stereocenters. The van der Waals surface area contributed by atoms with E-state index in [1.807, 2.05) is 0 Å². The van der Waals surface area contributed by atoms with Gasteiger partial charge in [0.1, 0.15) is 10.4 Å². The molecule has 1 aliphatic heterocycles. The van der Waals surface area contributed by atoms with Gasteiger partial charge in [-0.25, -0.2) is 17.2 Å². The van der Waals surface area contributed by atoms with Gasteiger partial charge in [-0.1, -0.05) is 55.7 Å². The molecular formula is C30H33F8NO3S. The minimum absolute atomic E-state index is 0.0222. The van der Waals surface area contributed by atoms with E-state index >= 15 is 0 Å². The third-order valence-electron chi connectivity index (χ3n) is 8.44. The van der Waals surface area contributed by atoms with Crippen molar-refractivity contribution in [3.8, 4) is 0 Å². The number of hydrogen-bond donors (Lipinski definition) is 0. The summed E-state index contributed by atoms with van der Waals surface area (Å²) in [4.78, 5) is 14.5. The predicted molar refractivity (Wildman–Crippen MR) is 143 cm³/mol. The van der Waals surface area contributed by atoms with Gasteiger partial charge >= 0.3 is 18.0 Å². The molecule has 0 bridgehead atoms. The zero-order valence-electron chi connectivity index (χ0n) is 23.7. The van der Waals surface area contributed by atoms with Crippen molar-refractivity contribution in [3.63, 3.8) is 0 Å². The molecule has 0 N–H and O–H groups in total. The number of likely N-dealkylation sites (tertiary alicyclic amines) is 1. The summed E-state index contributed by atoms with van der Waals surface area (Å²) >= 11 is 0. The Morgan fingerprint density at radius 1 is 0.884 bits per heavy atom. The number of carbonyl (C=O) groups excluding carboxylic acids is 1. The van der Waals surface area contributed by atoms with Crippen LogP contribution >= 0.6 is 0 Å². The molecule has 1 unspecified atom stereocenters. The molecule has 238 valence electrons. The van der Waals surface area contributed by atoms with Crippen molar-refractivity contribution < 1.29 is 48.3 Å². The lowest BCUT2D eigenvalue weighted by atomic mass is 9.88. The van der Waals surface area contributed by atoms with E-state index < -0.39 is 50.4 Å². The van der Waals surface area contributed by atoms with Crippen LogP contribution in [0.3, 0.4) is 0 Å². The van der Waals surface area contributed by atoms with E-state index in [-0.39, 0.29) is 41.7 Å². The quantitative estimate of drug-likeness (QED) is 0.291. The van der Waals surface area contributed by atoms with Crippen molar-refractivity contribution in [2.75, 3.05) is 13.1 Å². The van der Waals surface area contributed by atoms with E-state index in [0.717, 1.165) is 31.4 Å². The molecule has 4 rings (SSSR count). The molecule has 1 saturated heterocycles. The molecule has 43 heavy (non-hydrogen) atoms. The second kappa shape index (κ2) is 11.3. The number of amides is 1. The molecule has 4 nitrogen and oxygen atoms in total. The summed E-state index contributed by atoms with van der Waals surface area (Å²) in [5.41, 5.74) is -8.94. The summed E-state index contributed by atoms with van der Waals surface area (Å²) in [7, 11) is -4.49. The zero-order chi connectivity index (χ0) is 32.1. The lowest BCUT2D eigenvalue weighted by molar-refractivity contribution is -0.348. The average molecular weight is 640 g/mol. The largest absolute Gasteiger partial charge is 0.435 e. The van der Waals surface area contributed by atoms with E-state index in [0.29, 0.717) is 30.5 Å². The summed E-state index contributed by atoms with van der Waals surface area (Å²) in [6.07, 6.45) is -9.13. The molecule has 0 spiro atoms. The van der Waals surface area contributed by atoms with E-state index in [4.69, 9.17) is 0 Å². The fraction of sp³-hybridized carbons (Fsp3) is 0.567. The maximum absolute atomic E-state index is 14.7. The summed E-state index contributed by atoms with van der Waals surface area (Å²) in [5, 5.41) is 0. The van der Waals surface area contributed by atoms with Crippen molar-refractivity contribution in [1.29, 1.82) is 0 Å². The minimum Gasteiger partial charge on any atom is -0.340 e. The van der Waals surface area contributed by atoms with Crippen molar-refractivity contribution >= 4 is 15.7 Å². The Morgan fingerprint density at radius 2 is 1.47 bits per heavy atom. The highest BCUT2D eigenvalue weighted by molar-refractivity contribution is 7.92. The summed E-state index contributed by atoms with van der Waals surface area (Å²) < 4.78 is 136. The SMILES string of the molecule is CC(C)(F)Cc1cccc(S(=O)(=O)C2(c3ccc(C(F)(C(F)(F)F)C(F)(F)F)cc3)CCN(C(=O)C3CCCCC3)C2)c1. The molecule has 2 aliphatic rings. The molecule has 2 aromatic carbocycles. The average Bonchev–Trinajstić information content (AvgIpc) is 3.38. The number of halogens is 8. The Kier molecular flexibility index (Phi) is 8.76. The normalized spacial score (nSPS) is 21.3. The van der Waals surface area contributed by atoms with E-state index in [1.54, 1.807) is 0 Å². The van der Waals surface area contributed by atoms with Crippen LogP contribution in [0.5, 0.6) is 0 Å². The summed E-state index contributed by atoms with van der Waals surface area (Å²) in [5.74, 6) is -0.589. The number of rotatable bonds is 7. The first kappa shape index (κ1) is 33.2. The highest BCUT2D eigenvalue weighted by Gasteiger charge is 2.73. The van der Waals surface area contributed by atoms with Crippen LogP contribution in [-0.2, 0) is 31.5 Å². The second-order valence-electron chi connectivity index (χ2n) is 12.1. The van der Waals surface area contributed by atoms with Gasteiger partial charge < -0.3 is 4.90 Å². The van der Waals surface area contributed by atoms with Gasteiger partial charge in [0.05, 0.1) is 4.90 Å². The lowest BCUT2D eigenvalue weighted by Gasteiger charge is -2.33. The topological polar surface area (TPSA) is 54.5 Å². The van der Waals surface area contributed by atoms with Gasteiger partial charge in [-0.05, 0) is 56.4 Å². The van der Waals surface area contributed by atoms with Gasteiger partial charge in [-0.15, -0.1) is 0 Å².